The van der Waals surface area contributed by atoms with Crippen molar-refractivity contribution >= 4 is 17.4 Å². The molecule has 0 atom stereocenters. The molecular weight excluding hydrogens is 374 g/mol. The fourth-order valence-electron chi connectivity index (χ4n) is 3.40. The molecule has 1 fully saturated rings. The molecule has 0 unspecified atom stereocenters. The number of carbonyl (C=O) groups excluding carboxylic acids is 1. The fraction of sp³-hybridized carbons (Fsp3) is 0.333. The first-order valence-electron chi connectivity index (χ1n) is 9.49. The summed E-state index contributed by atoms with van der Waals surface area (Å²) in [5, 5.41) is 14.6. The average Bonchev–Trinajstić information content (AvgIpc) is 3.24. The minimum atomic E-state index is -0.672. The number of likely N-dealkylation sites (tertiary alicyclic amines) is 1. The smallest absolute Gasteiger partial charge is 0.365 e. The van der Waals surface area contributed by atoms with Crippen LogP contribution in [0, 0.1) is 10.1 Å². The quantitative estimate of drug-likeness (QED) is 0.334. The predicted molar refractivity (Wildman–Crippen MR) is 107 cm³/mol. The molecule has 8 nitrogen and oxygen atoms in total. The van der Waals surface area contributed by atoms with E-state index < -0.39 is 10.9 Å². The standard InChI is InChI=1S/C21H23N3O5/c1-15(22-29-21(25)16-5-8-19(9-6-16)24(26)27)17-7-10-20(28-2)18(13-17)14-23-11-3-4-12-23/h5-10,13H,3-4,11-12,14H2,1-2H3/p+1/b22-15-. The number of methoxy groups -OCH3 is 1. The molecule has 0 aliphatic carbocycles. The number of hydrogen-bond donors (Lipinski definition) is 1. The van der Waals surface area contributed by atoms with Gasteiger partial charge in [0.05, 0.1) is 36.4 Å². The molecule has 1 aliphatic heterocycles. The van der Waals surface area contributed by atoms with Gasteiger partial charge in [0.15, 0.2) is 0 Å². The van der Waals surface area contributed by atoms with Gasteiger partial charge >= 0.3 is 5.97 Å². The Bertz CT molecular complexity index is 918. The second kappa shape index (κ2) is 9.29. The highest BCUT2D eigenvalue weighted by Gasteiger charge is 2.18. The van der Waals surface area contributed by atoms with E-state index in [2.05, 4.69) is 5.16 Å². The van der Waals surface area contributed by atoms with Crippen molar-refractivity contribution in [2.45, 2.75) is 26.3 Å². The Balaban J connectivity index is 1.71. The van der Waals surface area contributed by atoms with E-state index in [0.29, 0.717) is 5.71 Å². The molecule has 0 aromatic heterocycles. The van der Waals surface area contributed by atoms with Gasteiger partial charge in [-0.25, -0.2) is 4.79 Å². The molecule has 2 aromatic rings. The SMILES string of the molecule is COc1ccc(/C(C)=N\OC(=O)c2ccc([N+](=O)[O-])cc2)cc1C[NH+]1CCCC1. The molecule has 0 radical (unpaired) electrons. The molecule has 0 saturated carbocycles. The van der Waals surface area contributed by atoms with Gasteiger partial charge in [0, 0.05) is 30.5 Å². The number of non-ortho nitro benzene ring substituents is 1. The summed E-state index contributed by atoms with van der Waals surface area (Å²) >= 11 is 0. The van der Waals surface area contributed by atoms with Gasteiger partial charge in [0.25, 0.3) is 5.69 Å². The molecule has 1 heterocycles. The summed E-state index contributed by atoms with van der Waals surface area (Å²) in [6.07, 6.45) is 2.49. The predicted octanol–water partition coefficient (Wildman–Crippen LogP) is 2.36. The van der Waals surface area contributed by atoms with Crippen LogP contribution in [0.5, 0.6) is 5.75 Å². The van der Waals surface area contributed by atoms with Crippen LogP contribution in [0.4, 0.5) is 5.69 Å². The highest BCUT2D eigenvalue weighted by Crippen LogP contribution is 2.20. The van der Waals surface area contributed by atoms with Crippen LogP contribution < -0.4 is 9.64 Å². The zero-order valence-electron chi connectivity index (χ0n) is 16.5. The maximum Gasteiger partial charge on any atom is 0.365 e. The Hall–Kier alpha value is -3.26. The molecule has 1 N–H and O–H groups in total. The summed E-state index contributed by atoms with van der Waals surface area (Å²) in [6, 6.07) is 11.0. The molecular formula is C21H24N3O5+. The number of ether oxygens (including phenoxy) is 1. The minimum absolute atomic E-state index is 0.0906. The van der Waals surface area contributed by atoms with Crippen molar-refractivity contribution in [2.24, 2.45) is 5.16 Å². The number of nitro benzene ring substituents is 1. The highest BCUT2D eigenvalue weighted by molar-refractivity contribution is 5.99. The Morgan fingerprint density at radius 3 is 2.41 bits per heavy atom. The third-order valence-electron chi connectivity index (χ3n) is 5.03. The van der Waals surface area contributed by atoms with Crippen LogP contribution in [0.3, 0.4) is 0 Å². The van der Waals surface area contributed by atoms with Crippen LogP contribution in [0.2, 0.25) is 0 Å². The molecule has 0 spiro atoms. The molecule has 8 heteroatoms. The summed E-state index contributed by atoms with van der Waals surface area (Å²) in [4.78, 5) is 28.8. The van der Waals surface area contributed by atoms with Crippen molar-refractivity contribution in [1.29, 1.82) is 0 Å². The lowest BCUT2D eigenvalue weighted by atomic mass is 10.1. The minimum Gasteiger partial charge on any atom is -0.496 e. The fourth-order valence-corrected chi connectivity index (χ4v) is 3.40. The molecule has 3 rings (SSSR count). The number of nitrogens with zero attached hydrogens (tertiary/aromatic N) is 2. The molecule has 29 heavy (non-hydrogen) atoms. The number of rotatable bonds is 7. The lowest BCUT2D eigenvalue weighted by Gasteiger charge is -2.15. The zero-order chi connectivity index (χ0) is 20.8. The summed E-state index contributed by atoms with van der Waals surface area (Å²) in [5.74, 6) is 0.165. The van der Waals surface area contributed by atoms with Gasteiger partial charge < -0.3 is 14.5 Å². The van der Waals surface area contributed by atoms with E-state index in [1.54, 1.807) is 14.0 Å². The van der Waals surface area contributed by atoms with Gasteiger partial charge in [-0.15, -0.1) is 0 Å². The first kappa shape index (κ1) is 20.5. The molecule has 0 bridgehead atoms. The van der Waals surface area contributed by atoms with Gasteiger partial charge in [0.1, 0.15) is 12.3 Å². The Morgan fingerprint density at radius 2 is 1.79 bits per heavy atom. The summed E-state index contributed by atoms with van der Waals surface area (Å²) in [7, 11) is 1.66. The summed E-state index contributed by atoms with van der Waals surface area (Å²) in [6.45, 7) is 4.96. The largest absolute Gasteiger partial charge is 0.496 e. The molecule has 152 valence electrons. The number of nitro groups is 1. The van der Waals surface area contributed by atoms with Crippen molar-refractivity contribution in [3.05, 3.63) is 69.3 Å². The third kappa shape index (κ3) is 5.17. The Labute approximate surface area is 168 Å². The maximum absolute atomic E-state index is 12.1. The van der Waals surface area contributed by atoms with Crippen molar-refractivity contribution in [3.8, 4) is 5.75 Å². The van der Waals surface area contributed by atoms with E-state index >= 15 is 0 Å². The van der Waals surface area contributed by atoms with Crippen LogP contribution in [0.1, 0.15) is 41.3 Å². The second-order valence-corrected chi connectivity index (χ2v) is 7.02. The lowest BCUT2D eigenvalue weighted by molar-refractivity contribution is -0.901. The van der Waals surface area contributed by atoms with Gasteiger partial charge in [-0.2, -0.15) is 0 Å². The van der Waals surface area contributed by atoms with E-state index in [0.717, 1.165) is 36.5 Å². The number of hydrogen-bond acceptors (Lipinski definition) is 6. The van der Waals surface area contributed by atoms with Crippen LogP contribution in [0.25, 0.3) is 0 Å². The van der Waals surface area contributed by atoms with Crippen LogP contribution in [-0.2, 0) is 11.4 Å². The number of oxime groups is 1. The second-order valence-electron chi connectivity index (χ2n) is 7.02. The van der Waals surface area contributed by atoms with Crippen LogP contribution in [0.15, 0.2) is 47.6 Å². The molecule has 2 aromatic carbocycles. The van der Waals surface area contributed by atoms with E-state index in [4.69, 9.17) is 9.57 Å². The first-order valence-corrected chi connectivity index (χ1v) is 9.49. The molecule has 1 aliphatic rings. The molecule has 0 amide bonds. The third-order valence-corrected chi connectivity index (χ3v) is 5.03. The van der Waals surface area contributed by atoms with E-state index in [1.807, 2.05) is 18.2 Å². The first-order chi connectivity index (χ1) is 14.0. The average molecular weight is 398 g/mol. The molecule has 1 saturated heterocycles. The van der Waals surface area contributed by atoms with Crippen LogP contribution >= 0.6 is 0 Å². The van der Waals surface area contributed by atoms with Gasteiger partial charge in [-0.1, -0.05) is 5.16 Å². The number of benzene rings is 2. The van der Waals surface area contributed by atoms with Crippen molar-refractivity contribution in [2.75, 3.05) is 20.2 Å². The van der Waals surface area contributed by atoms with Crippen molar-refractivity contribution < 1.29 is 24.2 Å². The Kier molecular flexibility index (Phi) is 6.56. The number of quaternary nitrogens is 1. The van der Waals surface area contributed by atoms with E-state index in [-0.39, 0.29) is 11.3 Å². The zero-order valence-corrected chi connectivity index (χ0v) is 16.5. The van der Waals surface area contributed by atoms with Gasteiger partial charge in [-0.3, -0.25) is 10.1 Å². The number of nitrogens with one attached hydrogen (secondary N) is 1. The summed E-state index contributed by atoms with van der Waals surface area (Å²) < 4.78 is 5.49. The monoisotopic (exact) mass is 398 g/mol. The number of carbonyl (C=O) groups is 1. The normalized spacial score (nSPS) is 14.6. The van der Waals surface area contributed by atoms with Crippen molar-refractivity contribution in [3.63, 3.8) is 0 Å². The van der Waals surface area contributed by atoms with Gasteiger partial charge in [-0.05, 0) is 42.8 Å². The Morgan fingerprint density at radius 1 is 1.14 bits per heavy atom. The maximum atomic E-state index is 12.1. The van der Waals surface area contributed by atoms with E-state index in [9.17, 15) is 14.9 Å². The summed E-state index contributed by atoms with van der Waals surface area (Å²) in [5.41, 5.74) is 2.60. The lowest BCUT2D eigenvalue weighted by Crippen LogP contribution is -3.08. The van der Waals surface area contributed by atoms with Crippen molar-refractivity contribution in [1.82, 2.24) is 0 Å². The van der Waals surface area contributed by atoms with Crippen LogP contribution in [-0.4, -0.2) is 36.8 Å². The topological polar surface area (TPSA) is 95.5 Å². The highest BCUT2D eigenvalue weighted by atomic mass is 16.7. The van der Waals surface area contributed by atoms with Gasteiger partial charge in [0.2, 0.25) is 0 Å². The van der Waals surface area contributed by atoms with E-state index in [1.165, 1.54) is 42.0 Å².